The van der Waals surface area contributed by atoms with Gasteiger partial charge < -0.3 is 15.6 Å². The highest BCUT2D eigenvalue weighted by molar-refractivity contribution is 7.99. The van der Waals surface area contributed by atoms with Gasteiger partial charge in [-0.3, -0.25) is 0 Å². The van der Waals surface area contributed by atoms with Crippen LogP contribution < -0.4 is 11.1 Å². The summed E-state index contributed by atoms with van der Waals surface area (Å²) in [6.45, 7) is 8.20. The van der Waals surface area contributed by atoms with Crippen molar-refractivity contribution < 1.29 is 0 Å². The zero-order valence-corrected chi connectivity index (χ0v) is 18.8. The van der Waals surface area contributed by atoms with Gasteiger partial charge in [0.2, 0.25) is 0 Å². The molecule has 0 radical (unpaired) electrons. The van der Waals surface area contributed by atoms with Crippen molar-refractivity contribution in [2.24, 2.45) is 5.41 Å². The van der Waals surface area contributed by atoms with E-state index in [4.69, 9.17) is 22.3 Å². The third-order valence-corrected chi connectivity index (χ3v) is 5.40. The Balaban J connectivity index is 1.97. The van der Waals surface area contributed by atoms with Crippen molar-refractivity contribution in [1.82, 2.24) is 24.8 Å². The molecule has 0 aliphatic carbocycles. The number of nitrogens with one attached hydrogen (secondary N) is 1. The van der Waals surface area contributed by atoms with Crippen LogP contribution in [0.2, 0.25) is 5.02 Å². The highest BCUT2D eigenvalue weighted by Crippen LogP contribution is 2.33. The fraction of sp³-hybridized carbons (Fsp3) is 0.381. The molecule has 0 saturated heterocycles. The SMILES string of the molecule is CNCCCn1c(Sc2cc(Cl)cc(/C=C/C(C)(C)C)c2)nc2c(N)ncnc21. The van der Waals surface area contributed by atoms with Crippen LogP contribution in [0.15, 0.2) is 40.7 Å². The summed E-state index contributed by atoms with van der Waals surface area (Å²) in [5.41, 5.74) is 8.59. The lowest BCUT2D eigenvalue weighted by atomic mass is 9.95. The number of halogens is 1. The standard InChI is InChI=1S/C21H27ClN6S/c1-21(2,3)7-6-14-10-15(22)12-16(11-14)29-20-27-17-18(23)25-13-26-19(17)28(20)9-5-8-24-4/h6-7,10-13,24H,5,8-9H2,1-4H3,(H2,23,25,26)/b7-6+. The molecule has 0 aliphatic rings. The topological polar surface area (TPSA) is 81.7 Å². The van der Waals surface area contributed by atoms with E-state index in [0.717, 1.165) is 40.8 Å². The minimum atomic E-state index is 0.104. The molecule has 3 aromatic rings. The molecule has 2 heterocycles. The van der Waals surface area contributed by atoms with Crippen LogP contribution in [0.5, 0.6) is 0 Å². The van der Waals surface area contributed by atoms with Crippen molar-refractivity contribution in [3.63, 3.8) is 0 Å². The van der Waals surface area contributed by atoms with Crippen LogP contribution in [0.25, 0.3) is 17.2 Å². The Morgan fingerprint density at radius 2 is 2.03 bits per heavy atom. The van der Waals surface area contributed by atoms with Crippen LogP contribution in [-0.4, -0.2) is 33.1 Å². The number of aromatic nitrogens is 4. The van der Waals surface area contributed by atoms with E-state index in [0.29, 0.717) is 16.4 Å². The third kappa shape index (κ3) is 5.72. The summed E-state index contributed by atoms with van der Waals surface area (Å²) >= 11 is 7.95. The Bertz CT molecular complexity index is 1020. The predicted octanol–water partition coefficient (Wildman–Crippen LogP) is 4.88. The van der Waals surface area contributed by atoms with E-state index in [1.54, 1.807) is 11.8 Å². The number of fused-ring (bicyclic) bond motifs is 1. The first kappa shape index (κ1) is 21.6. The highest BCUT2D eigenvalue weighted by atomic mass is 35.5. The average molecular weight is 431 g/mol. The maximum Gasteiger partial charge on any atom is 0.175 e. The summed E-state index contributed by atoms with van der Waals surface area (Å²) < 4.78 is 2.10. The smallest absolute Gasteiger partial charge is 0.175 e. The summed E-state index contributed by atoms with van der Waals surface area (Å²) in [4.78, 5) is 14.2. The van der Waals surface area contributed by atoms with Crippen LogP contribution in [0.1, 0.15) is 32.8 Å². The number of hydrogen-bond donors (Lipinski definition) is 2. The minimum Gasteiger partial charge on any atom is -0.382 e. The molecule has 2 aromatic heterocycles. The number of rotatable bonds is 7. The first-order valence-corrected chi connectivity index (χ1v) is 10.8. The second-order valence-electron chi connectivity index (χ2n) is 7.96. The molecule has 0 aliphatic heterocycles. The third-order valence-electron chi connectivity index (χ3n) is 4.21. The van der Waals surface area contributed by atoms with Gasteiger partial charge in [0.15, 0.2) is 22.1 Å². The molecule has 0 unspecified atom stereocenters. The summed E-state index contributed by atoms with van der Waals surface area (Å²) in [7, 11) is 1.94. The largest absolute Gasteiger partial charge is 0.382 e. The van der Waals surface area contributed by atoms with Gasteiger partial charge in [-0.25, -0.2) is 15.0 Å². The molecule has 0 amide bonds. The Hall–Kier alpha value is -2.09. The van der Waals surface area contributed by atoms with Gasteiger partial charge in [0.1, 0.15) is 6.33 Å². The van der Waals surface area contributed by atoms with Gasteiger partial charge in [0, 0.05) is 16.5 Å². The zero-order chi connectivity index (χ0) is 21.0. The molecule has 3 rings (SSSR count). The first-order valence-electron chi connectivity index (χ1n) is 9.56. The number of anilines is 1. The van der Waals surface area contributed by atoms with E-state index in [1.807, 2.05) is 19.2 Å². The summed E-state index contributed by atoms with van der Waals surface area (Å²) in [6.07, 6.45) is 6.72. The van der Waals surface area contributed by atoms with Crippen molar-refractivity contribution >= 4 is 46.4 Å². The lowest BCUT2D eigenvalue weighted by Gasteiger charge is -2.12. The van der Waals surface area contributed by atoms with Crippen molar-refractivity contribution in [3.05, 3.63) is 41.2 Å². The Morgan fingerprint density at radius 3 is 2.76 bits per heavy atom. The van der Waals surface area contributed by atoms with Crippen LogP contribution in [0, 0.1) is 5.41 Å². The number of nitrogen functional groups attached to an aromatic ring is 1. The predicted molar refractivity (Wildman–Crippen MR) is 122 cm³/mol. The number of nitrogens with zero attached hydrogens (tertiary/aromatic N) is 4. The monoisotopic (exact) mass is 430 g/mol. The molecule has 29 heavy (non-hydrogen) atoms. The number of allylic oxidation sites excluding steroid dienone is 1. The van der Waals surface area contributed by atoms with Crippen LogP contribution in [-0.2, 0) is 6.54 Å². The summed E-state index contributed by atoms with van der Waals surface area (Å²) in [5, 5.41) is 4.70. The molecule has 154 valence electrons. The molecular weight excluding hydrogens is 404 g/mol. The number of nitrogens with two attached hydrogens (primary N) is 1. The lowest BCUT2D eigenvalue weighted by molar-refractivity contribution is 0.547. The maximum absolute atomic E-state index is 6.39. The molecular formula is C21H27ClN6S. The van der Waals surface area contributed by atoms with Gasteiger partial charge in [-0.05, 0) is 49.2 Å². The Labute approximate surface area is 181 Å². The van der Waals surface area contributed by atoms with Crippen molar-refractivity contribution in [3.8, 4) is 0 Å². The normalized spacial score (nSPS) is 12.3. The second-order valence-corrected chi connectivity index (χ2v) is 9.43. The molecule has 0 atom stereocenters. The van der Waals surface area contributed by atoms with Crippen molar-refractivity contribution in [1.29, 1.82) is 0 Å². The summed E-state index contributed by atoms with van der Waals surface area (Å²) in [5.74, 6) is 0.393. The van der Waals surface area contributed by atoms with Crippen molar-refractivity contribution in [2.75, 3.05) is 19.3 Å². The van der Waals surface area contributed by atoms with Gasteiger partial charge in [-0.15, -0.1) is 0 Å². The fourth-order valence-corrected chi connectivity index (χ4v) is 4.14. The van der Waals surface area contributed by atoms with Gasteiger partial charge >= 0.3 is 0 Å². The molecule has 0 fully saturated rings. The molecule has 1 aromatic carbocycles. The Morgan fingerprint density at radius 1 is 1.24 bits per heavy atom. The van der Waals surface area contributed by atoms with Crippen LogP contribution in [0.4, 0.5) is 5.82 Å². The number of aryl methyl sites for hydroxylation is 1. The Kier molecular flexibility index (Phi) is 6.82. The second kappa shape index (κ2) is 9.15. The van der Waals surface area contributed by atoms with E-state index >= 15 is 0 Å². The van der Waals surface area contributed by atoms with E-state index in [2.05, 4.69) is 58.8 Å². The van der Waals surface area contributed by atoms with Gasteiger partial charge in [-0.2, -0.15) is 0 Å². The zero-order valence-electron chi connectivity index (χ0n) is 17.2. The van der Waals surface area contributed by atoms with Gasteiger partial charge in [0.05, 0.1) is 0 Å². The minimum absolute atomic E-state index is 0.104. The van der Waals surface area contributed by atoms with E-state index in [-0.39, 0.29) is 5.41 Å². The number of imidazole rings is 1. The quantitative estimate of drug-likeness (QED) is 0.520. The van der Waals surface area contributed by atoms with Gasteiger partial charge in [0.25, 0.3) is 0 Å². The molecule has 6 nitrogen and oxygen atoms in total. The molecule has 0 bridgehead atoms. The number of benzene rings is 1. The lowest BCUT2D eigenvalue weighted by Crippen LogP contribution is -2.11. The highest BCUT2D eigenvalue weighted by Gasteiger charge is 2.16. The fourth-order valence-electron chi connectivity index (χ4n) is 2.82. The van der Waals surface area contributed by atoms with Crippen LogP contribution in [0.3, 0.4) is 0 Å². The molecule has 0 saturated carbocycles. The van der Waals surface area contributed by atoms with Crippen molar-refractivity contribution in [2.45, 2.75) is 43.8 Å². The van der Waals surface area contributed by atoms with E-state index in [9.17, 15) is 0 Å². The van der Waals surface area contributed by atoms with Crippen LogP contribution >= 0.6 is 23.4 Å². The summed E-state index contributed by atoms with van der Waals surface area (Å²) in [6, 6.07) is 6.03. The average Bonchev–Trinajstić information content (AvgIpc) is 2.98. The van der Waals surface area contributed by atoms with E-state index in [1.165, 1.54) is 6.33 Å². The van der Waals surface area contributed by atoms with E-state index < -0.39 is 0 Å². The maximum atomic E-state index is 6.39. The first-order chi connectivity index (χ1) is 13.8. The molecule has 8 heteroatoms. The molecule has 0 spiro atoms. The number of hydrogen-bond acceptors (Lipinski definition) is 6. The molecule has 3 N–H and O–H groups in total. The van der Waals surface area contributed by atoms with Gasteiger partial charge in [-0.1, -0.05) is 56.3 Å².